The van der Waals surface area contributed by atoms with Gasteiger partial charge < -0.3 is 0 Å². The Labute approximate surface area is 161 Å². The zero-order chi connectivity index (χ0) is 18.8. The zero-order valence-corrected chi connectivity index (χ0v) is 16.4. The summed E-state index contributed by atoms with van der Waals surface area (Å²) in [6, 6.07) is 8.38. The van der Waals surface area contributed by atoms with Crippen LogP contribution < -0.4 is 9.86 Å². The van der Waals surface area contributed by atoms with Crippen molar-refractivity contribution in [1.29, 1.82) is 0 Å². The number of primary sulfonamides is 1. The predicted molar refractivity (Wildman–Crippen MR) is 98.2 cm³/mol. The Morgan fingerprint density at radius 1 is 0.920 bits per heavy atom. The van der Waals surface area contributed by atoms with Crippen molar-refractivity contribution in [2.75, 3.05) is 6.54 Å². The minimum atomic E-state index is -3.93. The van der Waals surface area contributed by atoms with E-state index >= 15 is 0 Å². The number of hydrogen-bond donors (Lipinski definition) is 2. The molecule has 0 aliphatic carbocycles. The third kappa shape index (κ3) is 5.30. The summed E-state index contributed by atoms with van der Waals surface area (Å²) in [5, 5.41) is 5.08. The van der Waals surface area contributed by atoms with Gasteiger partial charge in [0.2, 0.25) is 20.0 Å². The Balaban J connectivity index is 2.09. The highest BCUT2D eigenvalue weighted by atomic mass is 35.5. The van der Waals surface area contributed by atoms with Crippen LogP contribution in [-0.2, 0) is 26.5 Å². The van der Waals surface area contributed by atoms with Crippen LogP contribution in [0.4, 0.5) is 0 Å². The van der Waals surface area contributed by atoms with Crippen LogP contribution in [0.3, 0.4) is 0 Å². The molecule has 0 saturated carbocycles. The molecule has 0 spiro atoms. The third-order valence-corrected chi connectivity index (χ3v) is 6.72. The Bertz CT molecular complexity index is 968. The van der Waals surface area contributed by atoms with Crippen molar-refractivity contribution in [1.82, 2.24) is 4.72 Å². The van der Waals surface area contributed by atoms with E-state index in [2.05, 4.69) is 4.72 Å². The van der Waals surface area contributed by atoms with E-state index in [1.54, 1.807) is 12.1 Å². The van der Waals surface area contributed by atoms with Crippen LogP contribution in [0, 0.1) is 0 Å². The summed E-state index contributed by atoms with van der Waals surface area (Å²) in [5.74, 6) is 0. The summed E-state index contributed by atoms with van der Waals surface area (Å²) < 4.78 is 49.4. The first-order valence-corrected chi connectivity index (χ1v) is 10.9. The second-order valence-corrected chi connectivity index (χ2v) is 9.55. The van der Waals surface area contributed by atoms with Crippen molar-refractivity contribution < 1.29 is 16.8 Å². The number of halogens is 3. The molecule has 0 fully saturated rings. The van der Waals surface area contributed by atoms with E-state index in [1.165, 1.54) is 24.3 Å². The number of benzene rings is 2. The molecule has 11 heteroatoms. The maximum atomic E-state index is 12.3. The molecule has 2 aromatic rings. The smallest absolute Gasteiger partial charge is 0.225 e. The van der Waals surface area contributed by atoms with Crippen LogP contribution in [0.5, 0.6) is 0 Å². The molecule has 2 aromatic carbocycles. The standard InChI is InChI=1S/C14H13Cl3N2O4S2/c15-10-7-12(16)14(13(17)8-10)25(22,23)19-6-5-9-1-3-11(4-2-9)24(18,20)21/h1-4,7-8,19H,5-6H2,(H2,18,20,21). The van der Waals surface area contributed by atoms with Gasteiger partial charge in [0.15, 0.2) is 0 Å². The van der Waals surface area contributed by atoms with Gasteiger partial charge in [-0.15, -0.1) is 0 Å². The second-order valence-electron chi connectivity index (χ2n) is 5.04. The minimum absolute atomic E-state index is 0.0171. The Morgan fingerprint density at radius 3 is 1.92 bits per heavy atom. The van der Waals surface area contributed by atoms with E-state index in [0.29, 0.717) is 6.42 Å². The van der Waals surface area contributed by atoms with Gasteiger partial charge in [-0.3, -0.25) is 0 Å². The molecule has 0 aliphatic heterocycles. The summed E-state index contributed by atoms with van der Waals surface area (Å²) in [6.07, 6.45) is 0.326. The van der Waals surface area contributed by atoms with Crippen molar-refractivity contribution in [2.24, 2.45) is 5.14 Å². The topological polar surface area (TPSA) is 106 Å². The van der Waals surface area contributed by atoms with Gasteiger partial charge in [0.1, 0.15) is 4.90 Å². The first kappa shape index (κ1) is 20.4. The summed E-state index contributed by atoms with van der Waals surface area (Å²) in [4.78, 5) is -0.263. The van der Waals surface area contributed by atoms with Gasteiger partial charge >= 0.3 is 0 Å². The lowest BCUT2D eigenvalue weighted by Crippen LogP contribution is -2.26. The van der Waals surface area contributed by atoms with Crippen LogP contribution in [0.2, 0.25) is 15.1 Å². The van der Waals surface area contributed by atoms with Gasteiger partial charge in [-0.25, -0.2) is 26.7 Å². The molecule has 3 N–H and O–H groups in total. The Hall–Kier alpha value is -0.870. The fraction of sp³-hybridized carbons (Fsp3) is 0.143. The molecule has 0 bridgehead atoms. The molecule has 0 saturated heterocycles. The van der Waals surface area contributed by atoms with E-state index in [0.717, 1.165) is 5.56 Å². The van der Waals surface area contributed by atoms with E-state index in [9.17, 15) is 16.8 Å². The summed E-state index contributed by atoms with van der Waals surface area (Å²) >= 11 is 17.6. The molecule has 0 radical (unpaired) electrons. The summed E-state index contributed by atoms with van der Waals surface area (Å²) in [5.41, 5.74) is 0.725. The molecule has 0 unspecified atom stereocenters. The number of nitrogens with two attached hydrogens (primary N) is 1. The highest BCUT2D eigenvalue weighted by molar-refractivity contribution is 7.89. The Morgan fingerprint density at radius 2 is 1.44 bits per heavy atom. The molecule has 25 heavy (non-hydrogen) atoms. The summed E-state index contributed by atoms with van der Waals surface area (Å²) in [6.45, 7) is 0.0618. The van der Waals surface area contributed by atoms with Crippen LogP contribution in [0.1, 0.15) is 5.56 Å². The molecule has 136 valence electrons. The largest absolute Gasteiger partial charge is 0.243 e. The van der Waals surface area contributed by atoms with Crippen LogP contribution >= 0.6 is 34.8 Å². The van der Waals surface area contributed by atoms with Crippen LogP contribution in [0.25, 0.3) is 0 Å². The van der Waals surface area contributed by atoms with Gasteiger partial charge in [-0.1, -0.05) is 46.9 Å². The van der Waals surface area contributed by atoms with Crippen molar-refractivity contribution in [2.45, 2.75) is 16.2 Å². The summed E-state index contributed by atoms with van der Waals surface area (Å²) in [7, 11) is -7.69. The van der Waals surface area contributed by atoms with E-state index in [1.807, 2.05) is 0 Å². The fourth-order valence-electron chi connectivity index (χ4n) is 2.03. The molecule has 0 aliphatic rings. The highest BCUT2D eigenvalue weighted by Gasteiger charge is 2.22. The number of nitrogens with one attached hydrogen (secondary N) is 1. The number of rotatable bonds is 6. The number of hydrogen-bond acceptors (Lipinski definition) is 4. The average molecular weight is 444 g/mol. The molecule has 0 atom stereocenters. The van der Waals surface area contributed by atoms with Crippen molar-refractivity contribution in [3.8, 4) is 0 Å². The van der Waals surface area contributed by atoms with Crippen LogP contribution in [0.15, 0.2) is 46.2 Å². The third-order valence-electron chi connectivity index (χ3n) is 3.19. The molecule has 0 aromatic heterocycles. The van der Waals surface area contributed by atoms with Gasteiger partial charge in [0.05, 0.1) is 14.9 Å². The minimum Gasteiger partial charge on any atom is -0.225 e. The maximum absolute atomic E-state index is 12.3. The average Bonchev–Trinajstić information content (AvgIpc) is 2.45. The zero-order valence-electron chi connectivity index (χ0n) is 12.5. The van der Waals surface area contributed by atoms with Crippen molar-refractivity contribution >= 4 is 54.8 Å². The van der Waals surface area contributed by atoms with Gasteiger partial charge in [0.25, 0.3) is 0 Å². The lowest BCUT2D eigenvalue weighted by Gasteiger charge is -2.10. The number of sulfonamides is 2. The van der Waals surface area contributed by atoms with Gasteiger partial charge in [0, 0.05) is 11.6 Å². The Kier molecular flexibility index (Phi) is 6.37. The second kappa shape index (κ2) is 7.79. The van der Waals surface area contributed by atoms with Gasteiger partial charge in [-0.05, 0) is 36.2 Å². The lowest BCUT2D eigenvalue weighted by molar-refractivity contribution is 0.581. The SMILES string of the molecule is NS(=O)(=O)c1ccc(CCNS(=O)(=O)c2c(Cl)cc(Cl)cc2Cl)cc1. The molecular weight excluding hydrogens is 431 g/mol. The van der Waals surface area contributed by atoms with Crippen molar-refractivity contribution in [3.63, 3.8) is 0 Å². The monoisotopic (exact) mass is 442 g/mol. The van der Waals surface area contributed by atoms with E-state index in [4.69, 9.17) is 39.9 Å². The van der Waals surface area contributed by atoms with Crippen LogP contribution in [-0.4, -0.2) is 23.4 Å². The van der Waals surface area contributed by atoms with E-state index < -0.39 is 20.0 Å². The fourth-order valence-corrected chi connectivity index (χ4v) is 5.12. The van der Waals surface area contributed by atoms with E-state index in [-0.39, 0.29) is 31.4 Å². The first-order chi connectivity index (χ1) is 11.5. The maximum Gasteiger partial charge on any atom is 0.243 e. The molecule has 0 heterocycles. The predicted octanol–water partition coefficient (Wildman–Crippen LogP) is 2.82. The normalized spacial score (nSPS) is 12.3. The molecular formula is C14H13Cl3N2O4S2. The molecule has 0 amide bonds. The first-order valence-electron chi connectivity index (χ1n) is 6.76. The van der Waals surface area contributed by atoms with Gasteiger partial charge in [-0.2, -0.15) is 0 Å². The molecule has 2 rings (SSSR count). The highest BCUT2D eigenvalue weighted by Crippen LogP contribution is 2.32. The quantitative estimate of drug-likeness (QED) is 0.716. The molecule has 6 nitrogen and oxygen atoms in total. The lowest BCUT2D eigenvalue weighted by atomic mass is 10.2. The van der Waals surface area contributed by atoms with Crippen molar-refractivity contribution in [3.05, 3.63) is 57.0 Å².